The maximum absolute atomic E-state index is 13.3. The molecule has 0 aromatic heterocycles. The van der Waals surface area contributed by atoms with Gasteiger partial charge in [0, 0.05) is 24.5 Å². The van der Waals surface area contributed by atoms with E-state index in [9.17, 15) is 18.4 Å². The Morgan fingerprint density at radius 1 is 1.19 bits per heavy atom. The molecule has 1 aliphatic carbocycles. The molecule has 2 rings (SSSR count). The first-order valence-corrected chi connectivity index (χ1v) is 8.22. The minimum absolute atomic E-state index is 0.00924. The molecule has 5 heteroatoms. The van der Waals surface area contributed by atoms with Gasteiger partial charge in [0.15, 0.2) is 5.78 Å². The second-order valence-corrected chi connectivity index (χ2v) is 6.44. The van der Waals surface area contributed by atoms with Crippen LogP contribution in [0.3, 0.4) is 0 Å². The number of carbonyl (C=O) groups excluding carboxylic acids is 1. The SMILES string of the molecule is CC(/C=C/C1C(/C=C/c2cc(F)cc(F)c2)=CC(=O)CC1C)=C\C(=O)O. The van der Waals surface area contributed by atoms with Crippen LogP contribution in [0.15, 0.2) is 59.7 Å². The molecule has 0 heterocycles. The van der Waals surface area contributed by atoms with Crippen LogP contribution in [0.1, 0.15) is 25.8 Å². The monoisotopic (exact) mass is 358 g/mol. The van der Waals surface area contributed by atoms with Crippen LogP contribution in [0.5, 0.6) is 0 Å². The molecule has 1 aromatic rings. The van der Waals surface area contributed by atoms with E-state index < -0.39 is 17.6 Å². The lowest BCUT2D eigenvalue weighted by molar-refractivity contribution is -0.131. The number of rotatable bonds is 5. The van der Waals surface area contributed by atoms with Crippen molar-refractivity contribution in [3.63, 3.8) is 0 Å². The number of carbonyl (C=O) groups is 2. The van der Waals surface area contributed by atoms with Gasteiger partial charge in [0.05, 0.1) is 0 Å². The molecule has 0 spiro atoms. The van der Waals surface area contributed by atoms with Gasteiger partial charge in [0.1, 0.15) is 11.6 Å². The zero-order valence-corrected chi connectivity index (χ0v) is 14.6. The van der Waals surface area contributed by atoms with Crippen LogP contribution in [0, 0.1) is 23.5 Å². The number of allylic oxidation sites excluding steroid dienone is 6. The van der Waals surface area contributed by atoms with E-state index in [1.807, 2.05) is 13.0 Å². The number of hydrogen-bond acceptors (Lipinski definition) is 2. The first kappa shape index (κ1) is 19.5. The average molecular weight is 358 g/mol. The summed E-state index contributed by atoms with van der Waals surface area (Å²) in [7, 11) is 0. The van der Waals surface area contributed by atoms with Gasteiger partial charge in [0.25, 0.3) is 0 Å². The summed E-state index contributed by atoms with van der Waals surface area (Å²) >= 11 is 0. The van der Waals surface area contributed by atoms with Crippen molar-refractivity contribution in [1.29, 1.82) is 0 Å². The Labute approximate surface area is 151 Å². The lowest BCUT2D eigenvalue weighted by atomic mass is 9.78. The quantitative estimate of drug-likeness (QED) is 0.612. The number of hydrogen-bond donors (Lipinski definition) is 1. The lowest BCUT2D eigenvalue weighted by Gasteiger charge is -2.25. The van der Waals surface area contributed by atoms with E-state index >= 15 is 0 Å². The summed E-state index contributed by atoms with van der Waals surface area (Å²) in [6.07, 6.45) is 9.81. The Kier molecular flexibility index (Phi) is 6.39. The molecule has 0 bridgehead atoms. The molecule has 1 aliphatic rings. The van der Waals surface area contributed by atoms with Gasteiger partial charge in [-0.1, -0.05) is 31.2 Å². The fourth-order valence-corrected chi connectivity index (χ4v) is 2.94. The molecular weight excluding hydrogens is 338 g/mol. The van der Waals surface area contributed by atoms with Gasteiger partial charge in [-0.25, -0.2) is 13.6 Å². The summed E-state index contributed by atoms with van der Waals surface area (Å²) in [5.74, 6) is -2.44. The molecule has 136 valence electrons. The summed E-state index contributed by atoms with van der Waals surface area (Å²) in [6.45, 7) is 3.61. The highest BCUT2D eigenvalue weighted by molar-refractivity contribution is 5.92. The Morgan fingerprint density at radius 2 is 1.85 bits per heavy atom. The molecule has 0 saturated carbocycles. The molecule has 2 unspecified atom stereocenters. The summed E-state index contributed by atoms with van der Waals surface area (Å²) in [5, 5.41) is 8.78. The van der Waals surface area contributed by atoms with Gasteiger partial charge in [-0.15, -0.1) is 0 Å². The highest BCUT2D eigenvalue weighted by Gasteiger charge is 2.25. The predicted molar refractivity (Wildman–Crippen MR) is 96.3 cm³/mol. The molecule has 0 aliphatic heterocycles. The van der Waals surface area contributed by atoms with Gasteiger partial charge in [-0.2, -0.15) is 0 Å². The van der Waals surface area contributed by atoms with E-state index in [-0.39, 0.29) is 17.6 Å². The maximum Gasteiger partial charge on any atom is 0.328 e. The minimum Gasteiger partial charge on any atom is -0.478 e. The van der Waals surface area contributed by atoms with Gasteiger partial charge in [-0.3, -0.25) is 4.79 Å². The van der Waals surface area contributed by atoms with Crippen molar-refractivity contribution in [3.8, 4) is 0 Å². The van der Waals surface area contributed by atoms with Crippen molar-refractivity contribution in [3.05, 3.63) is 76.9 Å². The van der Waals surface area contributed by atoms with E-state index in [1.54, 1.807) is 25.2 Å². The Morgan fingerprint density at radius 3 is 2.46 bits per heavy atom. The number of carboxylic acid groups (broad SMARTS) is 1. The number of carboxylic acids is 1. The fraction of sp³-hybridized carbons (Fsp3) is 0.238. The maximum atomic E-state index is 13.3. The zero-order chi connectivity index (χ0) is 19.3. The summed E-state index contributed by atoms with van der Waals surface area (Å²) in [6, 6.07) is 3.21. The first-order chi connectivity index (χ1) is 12.2. The first-order valence-electron chi connectivity index (χ1n) is 8.22. The van der Waals surface area contributed by atoms with Gasteiger partial charge in [-0.05, 0) is 47.8 Å². The highest BCUT2D eigenvalue weighted by Crippen LogP contribution is 2.31. The van der Waals surface area contributed by atoms with Crippen molar-refractivity contribution < 1.29 is 23.5 Å². The summed E-state index contributed by atoms with van der Waals surface area (Å²) < 4.78 is 26.6. The van der Waals surface area contributed by atoms with Crippen LogP contribution in [0.2, 0.25) is 0 Å². The minimum atomic E-state index is -1.03. The second kappa shape index (κ2) is 8.52. The van der Waals surface area contributed by atoms with Gasteiger partial charge >= 0.3 is 5.97 Å². The number of halogens is 2. The van der Waals surface area contributed by atoms with E-state index in [1.165, 1.54) is 18.2 Å². The Balaban J connectivity index is 2.29. The summed E-state index contributed by atoms with van der Waals surface area (Å²) in [5.41, 5.74) is 1.66. The Hall–Kier alpha value is -2.82. The van der Waals surface area contributed by atoms with Crippen molar-refractivity contribution in [2.75, 3.05) is 0 Å². The second-order valence-electron chi connectivity index (χ2n) is 6.44. The largest absolute Gasteiger partial charge is 0.478 e. The molecule has 1 N–H and O–H groups in total. The smallest absolute Gasteiger partial charge is 0.328 e. The number of aliphatic carboxylic acids is 1. The molecular formula is C21H20F2O3. The molecule has 26 heavy (non-hydrogen) atoms. The van der Waals surface area contributed by atoms with Crippen LogP contribution < -0.4 is 0 Å². The zero-order valence-electron chi connectivity index (χ0n) is 14.6. The fourth-order valence-electron chi connectivity index (χ4n) is 2.94. The summed E-state index contributed by atoms with van der Waals surface area (Å²) in [4.78, 5) is 22.6. The number of benzene rings is 1. The molecule has 1 aromatic carbocycles. The van der Waals surface area contributed by atoms with E-state index in [4.69, 9.17) is 5.11 Å². The lowest BCUT2D eigenvalue weighted by Crippen LogP contribution is -2.20. The van der Waals surface area contributed by atoms with Crippen LogP contribution >= 0.6 is 0 Å². The van der Waals surface area contributed by atoms with Crippen molar-refractivity contribution >= 4 is 17.8 Å². The molecule has 3 nitrogen and oxygen atoms in total. The van der Waals surface area contributed by atoms with Crippen LogP contribution in [0.25, 0.3) is 6.08 Å². The molecule has 0 radical (unpaired) electrons. The third-order valence-corrected chi connectivity index (χ3v) is 4.12. The van der Waals surface area contributed by atoms with Crippen molar-refractivity contribution in [2.24, 2.45) is 11.8 Å². The average Bonchev–Trinajstić information content (AvgIpc) is 2.50. The van der Waals surface area contributed by atoms with Crippen LogP contribution in [0.4, 0.5) is 8.78 Å². The van der Waals surface area contributed by atoms with Crippen molar-refractivity contribution in [2.45, 2.75) is 20.3 Å². The van der Waals surface area contributed by atoms with Crippen molar-refractivity contribution in [1.82, 2.24) is 0 Å². The molecule has 0 fully saturated rings. The topological polar surface area (TPSA) is 54.4 Å². The predicted octanol–water partition coefficient (Wildman–Crippen LogP) is 4.72. The van der Waals surface area contributed by atoms with Crippen LogP contribution in [-0.2, 0) is 9.59 Å². The van der Waals surface area contributed by atoms with E-state index in [2.05, 4.69) is 0 Å². The third kappa shape index (κ3) is 5.62. The molecule has 0 amide bonds. The normalized spacial score (nSPS) is 21.5. The molecule has 0 saturated heterocycles. The van der Waals surface area contributed by atoms with Gasteiger partial charge < -0.3 is 5.11 Å². The Bertz CT molecular complexity index is 811. The van der Waals surface area contributed by atoms with E-state index in [0.29, 0.717) is 17.6 Å². The van der Waals surface area contributed by atoms with Crippen LogP contribution in [-0.4, -0.2) is 16.9 Å². The van der Waals surface area contributed by atoms with Gasteiger partial charge in [0.2, 0.25) is 0 Å². The highest BCUT2D eigenvalue weighted by atomic mass is 19.1. The molecule has 2 atom stereocenters. The standard InChI is InChI=1S/C21H20F2O3/c1-13(7-21(25)26)3-6-20-14(2)8-19(24)11-16(20)5-4-15-9-17(22)12-18(23)10-15/h3-7,9-12,14,20H,8H2,1-2H3,(H,25,26)/b5-4+,6-3+,13-7+. The van der Waals surface area contributed by atoms with E-state index in [0.717, 1.165) is 17.7 Å². The third-order valence-electron chi connectivity index (χ3n) is 4.12. The number of ketones is 1.